The van der Waals surface area contributed by atoms with Crippen LogP contribution in [0.1, 0.15) is 34.5 Å². The first-order valence-electron chi connectivity index (χ1n) is 10.6. The molecule has 0 N–H and O–H groups in total. The summed E-state index contributed by atoms with van der Waals surface area (Å²) in [5, 5.41) is 4.70. The molecule has 31 heavy (non-hydrogen) atoms. The maximum atomic E-state index is 13.2. The smallest absolute Gasteiger partial charge is 0.258 e. The molecule has 2 amide bonds. The van der Waals surface area contributed by atoms with Gasteiger partial charge in [0.1, 0.15) is 11.0 Å². The lowest BCUT2D eigenvalue weighted by Crippen LogP contribution is -2.47. The molecule has 7 nitrogen and oxygen atoms in total. The standard InChI is InChI=1S/C22H26ClFN4O3/c1-15-19(20(23)28(25-15)14-16-2-4-18(24)5-3-16)22(30)26-8-6-17(7-9-26)21(29)27-10-12-31-13-11-27/h2-5,17H,6-14H2,1H3. The zero-order valence-corrected chi connectivity index (χ0v) is 18.3. The van der Waals surface area contributed by atoms with E-state index in [-0.39, 0.29) is 28.7 Å². The number of piperidine rings is 1. The third kappa shape index (κ3) is 4.75. The monoisotopic (exact) mass is 448 g/mol. The lowest BCUT2D eigenvalue weighted by Gasteiger charge is -2.35. The number of rotatable bonds is 4. The minimum absolute atomic E-state index is 0.0556. The van der Waals surface area contributed by atoms with Gasteiger partial charge in [-0.05, 0) is 37.5 Å². The van der Waals surface area contributed by atoms with Crippen LogP contribution in [0, 0.1) is 18.7 Å². The molecule has 2 fully saturated rings. The molecule has 0 spiro atoms. The number of benzene rings is 1. The van der Waals surface area contributed by atoms with Crippen LogP contribution in [0.3, 0.4) is 0 Å². The highest BCUT2D eigenvalue weighted by Crippen LogP contribution is 2.26. The number of aryl methyl sites for hydroxylation is 1. The van der Waals surface area contributed by atoms with Gasteiger partial charge in [0.05, 0.1) is 31.0 Å². The Kier molecular flexibility index (Phi) is 6.57. The first-order valence-corrected chi connectivity index (χ1v) is 10.9. The Morgan fingerprint density at radius 3 is 2.39 bits per heavy atom. The molecule has 1 aromatic carbocycles. The van der Waals surface area contributed by atoms with Crippen LogP contribution in [0.25, 0.3) is 0 Å². The van der Waals surface area contributed by atoms with Gasteiger partial charge in [-0.2, -0.15) is 5.10 Å². The van der Waals surface area contributed by atoms with Crippen molar-refractivity contribution in [3.8, 4) is 0 Å². The topological polar surface area (TPSA) is 67.7 Å². The van der Waals surface area contributed by atoms with E-state index in [4.69, 9.17) is 16.3 Å². The number of aromatic nitrogens is 2. The molecule has 2 aromatic rings. The number of nitrogens with zero attached hydrogens (tertiary/aromatic N) is 4. The van der Waals surface area contributed by atoms with Gasteiger partial charge >= 0.3 is 0 Å². The van der Waals surface area contributed by atoms with Crippen LogP contribution in [0.15, 0.2) is 24.3 Å². The van der Waals surface area contributed by atoms with E-state index >= 15 is 0 Å². The summed E-state index contributed by atoms with van der Waals surface area (Å²) in [6.07, 6.45) is 1.28. The van der Waals surface area contributed by atoms with E-state index in [9.17, 15) is 14.0 Å². The fraction of sp³-hybridized carbons (Fsp3) is 0.500. The second-order valence-corrected chi connectivity index (χ2v) is 8.40. The first-order chi connectivity index (χ1) is 14.9. The summed E-state index contributed by atoms with van der Waals surface area (Å²) in [6, 6.07) is 6.10. The Bertz CT molecular complexity index is 948. The average Bonchev–Trinajstić information content (AvgIpc) is 3.07. The molecular formula is C22H26ClFN4O3. The Balaban J connectivity index is 1.40. The SMILES string of the molecule is Cc1nn(Cc2ccc(F)cc2)c(Cl)c1C(=O)N1CCC(C(=O)N2CCOCC2)CC1. The van der Waals surface area contributed by atoms with Crippen molar-refractivity contribution in [2.45, 2.75) is 26.3 Å². The van der Waals surface area contributed by atoms with Crippen molar-refractivity contribution in [2.75, 3.05) is 39.4 Å². The molecule has 4 rings (SSSR count). The van der Waals surface area contributed by atoms with Crippen molar-refractivity contribution < 1.29 is 18.7 Å². The Morgan fingerprint density at radius 2 is 1.74 bits per heavy atom. The highest BCUT2D eigenvalue weighted by Gasteiger charge is 2.33. The van der Waals surface area contributed by atoms with Crippen molar-refractivity contribution in [1.82, 2.24) is 19.6 Å². The fourth-order valence-electron chi connectivity index (χ4n) is 4.19. The number of hydrogen-bond acceptors (Lipinski definition) is 4. The second kappa shape index (κ2) is 9.36. The van der Waals surface area contributed by atoms with Gasteiger partial charge in [-0.15, -0.1) is 0 Å². The molecule has 0 atom stereocenters. The van der Waals surface area contributed by atoms with Gasteiger partial charge in [-0.1, -0.05) is 23.7 Å². The van der Waals surface area contributed by atoms with Crippen molar-refractivity contribution in [1.29, 1.82) is 0 Å². The van der Waals surface area contributed by atoms with Crippen LogP contribution in [0.4, 0.5) is 4.39 Å². The van der Waals surface area contributed by atoms with Crippen LogP contribution in [-0.2, 0) is 16.1 Å². The summed E-state index contributed by atoms with van der Waals surface area (Å²) < 4.78 is 20.0. The number of carbonyl (C=O) groups is 2. The number of likely N-dealkylation sites (tertiary alicyclic amines) is 1. The lowest BCUT2D eigenvalue weighted by atomic mass is 9.94. The van der Waals surface area contributed by atoms with Crippen LogP contribution in [0.2, 0.25) is 5.15 Å². The number of morpholine rings is 1. The molecule has 2 aliphatic heterocycles. The molecule has 0 aliphatic carbocycles. The summed E-state index contributed by atoms with van der Waals surface area (Å²) in [7, 11) is 0. The normalized spacial score (nSPS) is 17.8. The maximum absolute atomic E-state index is 13.2. The van der Waals surface area contributed by atoms with E-state index in [1.807, 2.05) is 4.90 Å². The summed E-state index contributed by atoms with van der Waals surface area (Å²) in [6.45, 7) is 5.58. The molecule has 3 heterocycles. The summed E-state index contributed by atoms with van der Waals surface area (Å²) in [4.78, 5) is 29.5. The van der Waals surface area contributed by atoms with E-state index in [0.717, 1.165) is 5.56 Å². The zero-order chi connectivity index (χ0) is 22.0. The highest BCUT2D eigenvalue weighted by molar-refractivity contribution is 6.33. The van der Waals surface area contributed by atoms with Crippen molar-refractivity contribution in [3.05, 3.63) is 52.1 Å². The van der Waals surface area contributed by atoms with Crippen LogP contribution in [-0.4, -0.2) is 70.8 Å². The number of carbonyl (C=O) groups excluding carboxylic acids is 2. The van der Waals surface area contributed by atoms with Gasteiger partial charge in [0, 0.05) is 32.1 Å². The summed E-state index contributed by atoms with van der Waals surface area (Å²) >= 11 is 6.51. The molecule has 166 valence electrons. The van der Waals surface area contributed by atoms with Crippen molar-refractivity contribution in [2.24, 2.45) is 5.92 Å². The van der Waals surface area contributed by atoms with Gasteiger partial charge in [0.15, 0.2) is 0 Å². The van der Waals surface area contributed by atoms with Crippen LogP contribution in [0.5, 0.6) is 0 Å². The number of ether oxygens (including phenoxy) is 1. The molecule has 0 radical (unpaired) electrons. The molecule has 1 aromatic heterocycles. The van der Waals surface area contributed by atoms with Gasteiger partial charge in [0.25, 0.3) is 5.91 Å². The Hall–Kier alpha value is -2.45. The van der Waals surface area contributed by atoms with E-state index in [1.165, 1.54) is 12.1 Å². The van der Waals surface area contributed by atoms with E-state index < -0.39 is 0 Å². The third-order valence-corrected chi connectivity index (χ3v) is 6.36. The molecule has 0 saturated carbocycles. The predicted octanol–water partition coefficient (Wildman–Crippen LogP) is 2.74. The average molecular weight is 449 g/mol. The number of amides is 2. The van der Waals surface area contributed by atoms with Crippen molar-refractivity contribution in [3.63, 3.8) is 0 Å². The van der Waals surface area contributed by atoms with E-state index in [1.54, 1.807) is 28.6 Å². The molecule has 2 saturated heterocycles. The van der Waals surface area contributed by atoms with Gasteiger partial charge in [-0.3, -0.25) is 9.59 Å². The van der Waals surface area contributed by atoms with Gasteiger partial charge in [-0.25, -0.2) is 9.07 Å². The molecule has 2 aliphatic rings. The fourth-order valence-corrected chi connectivity index (χ4v) is 4.51. The first kappa shape index (κ1) is 21.8. The number of hydrogen-bond donors (Lipinski definition) is 0. The van der Waals surface area contributed by atoms with E-state index in [2.05, 4.69) is 5.10 Å². The van der Waals surface area contributed by atoms with Crippen molar-refractivity contribution >= 4 is 23.4 Å². The highest BCUT2D eigenvalue weighted by atomic mass is 35.5. The zero-order valence-electron chi connectivity index (χ0n) is 17.5. The molecule has 0 unspecified atom stereocenters. The molecule has 9 heteroatoms. The van der Waals surface area contributed by atoms with Crippen LogP contribution < -0.4 is 0 Å². The minimum Gasteiger partial charge on any atom is -0.378 e. The Labute approximate surface area is 185 Å². The largest absolute Gasteiger partial charge is 0.378 e. The molecular weight excluding hydrogens is 423 g/mol. The minimum atomic E-state index is -0.308. The number of halogens is 2. The van der Waals surface area contributed by atoms with Gasteiger partial charge < -0.3 is 14.5 Å². The Morgan fingerprint density at radius 1 is 1.10 bits per heavy atom. The van der Waals surface area contributed by atoms with E-state index in [0.29, 0.717) is 70.0 Å². The maximum Gasteiger partial charge on any atom is 0.258 e. The summed E-state index contributed by atoms with van der Waals surface area (Å²) in [5.41, 5.74) is 1.79. The van der Waals surface area contributed by atoms with Crippen LogP contribution >= 0.6 is 11.6 Å². The third-order valence-electron chi connectivity index (χ3n) is 5.98. The second-order valence-electron chi connectivity index (χ2n) is 8.04. The molecule has 0 bridgehead atoms. The van der Waals surface area contributed by atoms with Gasteiger partial charge in [0.2, 0.25) is 5.91 Å². The summed E-state index contributed by atoms with van der Waals surface area (Å²) in [5.74, 6) is -0.361. The predicted molar refractivity (Wildman–Crippen MR) is 114 cm³/mol. The quantitative estimate of drug-likeness (QED) is 0.721. The lowest BCUT2D eigenvalue weighted by molar-refractivity contribution is -0.141.